The van der Waals surface area contributed by atoms with E-state index >= 15 is 0 Å². The van der Waals surface area contributed by atoms with Crippen LogP contribution >= 0.6 is 22.9 Å². The standard InChI is InChI=1S/C24H22ClN3O4S/c1-4-32-16-7-5-15(6-8-16)17-12-33-23-22(17)24(30)28(13-26-23)11-21(29)27-19-9-14(2)18(25)10-20(19)31-3/h5-10,12-13H,4,11H2,1-3H3,(H,27,29). The average Bonchev–Trinajstić information content (AvgIpc) is 3.24. The zero-order valence-corrected chi connectivity index (χ0v) is 19.9. The number of methoxy groups -OCH3 is 1. The van der Waals surface area contributed by atoms with E-state index < -0.39 is 0 Å². The first-order chi connectivity index (χ1) is 15.9. The van der Waals surface area contributed by atoms with Crippen LogP contribution in [0, 0.1) is 6.92 Å². The number of thiophene rings is 1. The third kappa shape index (κ3) is 4.72. The van der Waals surface area contributed by atoms with Crippen molar-refractivity contribution in [2.75, 3.05) is 19.0 Å². The molecule has 2 aromatic carbocycles. The fourth-order valence-corrected chi connectivity index (χ4v) is 4.52. The first-order valence-electron chi connectivity index (χ1n) is 10.2. The number of aryl methyl sites for hydroxylation is 1. The van der Waals surface area contributed by atoms with Gasteiger partial charge in [0, 0.05) is 22.0 Å². The Morgan fingerprint density at radius 3 is 2.70 bits per heavy atom. The van der Waals surface area contributed by atoms with Gasteiger partial charge < -0.3 is 14.8 Å². The van der Waals surface area contributed by atoms with E-state index in [1.165, 1.54) is 29.3 Å². The van der Waals surface area contributed by atoms with Crippen molar-refractivity contribution in [1.29, 1.82) is 0 Å². The maximum absolute atomic E-state index is 13.2. The summed E-state index contributed by atoms with van der Waals surface area (Å²) in [6, 6.07) is 10.9. The van der Waals surface area contributed by atoms with Crippen LogP contribution in [0.1, 0.15) is 12.5 Å². The van der Waals surface area contributed by atoms with Crippen LogP contribution in [0.4, 0.5) is 5.69 Å². The summed E-state index contributed by atoms with van der Waals surface area (Å²) in [6.45, 7) is 4.15. The van der Waals surface area contributed by atoms with Crippen molar-refractivity contribution in [3.63, 3.8) is 0 Å². The van der Waals surface area contributed by atoms with Crippen LogP contribution in [0.5, 0.6) is 11.5 Å². The second-order valence-corrected chi connectivity index (χ2v) is 8.58. The van der Waals surface area contributed by atoms with E-state index in [1.54, 1.807) is 12.1 Å². The van der Waals surface area contributed by atoms with Gasteiger partial charge in [-0.15, -0.1) is 11.3 Å². The zero-order chi connectivity index (χ0) is 23.5. The number of fused-ring (bicyclic) bond motifs is 1. The van der Waals surface area contributed by atoms with Crippen LogP contribution in [-0.4, -0.2) is 29.2 Å². The number of anilines is 1. The fraction of sp³-hybridized carbons (Fsp3) is 0.208. The number of hydrogen-bond acceptors (Lipinski definition) is 6. The molecule has 0 aliphatic heterocycles. The first-order valence-corrected chi connectivity index (χ1v) is 11.5. The molecule has 33 heavy (non-hydrogen) atoms. The second-order valence-electron chi connectivity index (χ2n) is 7.31. The Morgan fingerprint density at radius 1 is 1.24 bits per heavy atom. The smallest absolute Gasteiger partial charge is 0.263 e. The molecule has 0 fully saturated rings. The topological polar surface area (TPSA) is 82.5 Å². The molecule has 170 valence electrons. The first kappa shape index (κ1) is 22.8. The van der Waals surface area contributed by atoms with Crippen molar-refractivity contribution in [3.8, 4) is 22.6 Å². The lowest BCUT2D eigenvalue weighted by molar-refractivity contribution is -0.116. The molecule has 0 spiro atoms. The van der Waals surface area contributed by atoms with Gasteiger partial charge in [-0.25, -0.2) is 4.98 Å². The van der Waals surface area contributed by atoms with Crippen LogP contribution < -0.4 is 20.3 Å². The van der Waals surface area contributed by atoms with Crippen LogP contribution in [-0.2, 0) is 11.3 Å². The Balaban J connectivity index is 1.62. The summed E-state index contributed by atoms with van der Waals surface area (Å²) >= 11 is 7.52. The van der Waals surface area contributed by atoms with Gasteiger partial charge in [-0.2, -0.15) is 0 Å². The highest BCUT2D eigenvalue weighted by molar-refractivity contribution is 7.17. The van der Waals surface area contributed by atoms with Gasteiger partial charge in [0.2, 0.25) is 5.91 Å². The van der Waals surface area contributed by atoms with Gasteiger partial charge in [0.15, 0.2) is 0 Å². The number of amides is 1. The normalized spacial score (nSPS) is 10.9. The second kappa shape index (κ2) is 9.64. The van der Waals surface area contributed by atoms with Gasteiger partial charge >= 0.3 is 0 Å². The van der Waals surface area contributed by atoms with Crippen LogP contribution in [0.25, 0.3) is 21.3 Å². The summed E-state index contributed by atoms with van der Waals surface area (Å²) in [5, 5.41) is 5.72. The van der Waals surface area contributed by atoms with Crippen LogP contribution in [0.3, 0.4) is 0 Å². The molecule has 0 aliphatic rings. The molecule has 0 bridgehead atoms. The molecule has 1 amide bonds. The fourth-order valence-electron chi connectivity index (χ4n) is 3.46. The number of hydrogen-bond donors (Lipinski definition) is 1. The molecule has 0 saturated carbocycles. The molecule has 9 heteroatoms. The molecular weight excluding hydrogens is 462 g/mol. The SMILES string of the molecule is CCOc1ccc(-c2csc3ncn(CC(=O)Nc4cc(C)c(Cl)cc4OC)c(=O)c23)cc1. The molecule has 0 saturated heterocycles. The number of nitrogens with zero attached hydrogens (tertiary/aromatic N) is 2. The van der Waals surface area contributed by atoms with E-state index in [4.69, 9.17) is 21.1 Å². The average molecular weight is 484 g/mol. The van der Waals surface area contributed by atoms with Crippen LogP contribution in [0.15, 0.2) is 52.9 Å². The van der Waals surface area contributed by atoms with Gasteiger partial charge in [0.1, 0.15) is 22.9 Å². The van der Waals surface area contributed by atoms with E-state index in [0.29, 0.717) is 33.3 Å². The Morgan fingerprint density at radius 2 is 2.00 bits per heavy atom. The van der Waals surface area contributed by atoms with E-state index in [9.17, 15) is 9.59 Å². The highest BCUT2D eigenvalue weighted by atomic mass is 35.5. The number of carbonyl (C=O) groups excluding carboxylic acids is 1. The maximum atomic E-state index is 13.2. The van der Waals surface area contributed by atoms with Gasteiger partial charge in [-0.05, 0) is 43.2 Å². The number of benzene rings is 2. The van der Waals surface area contributed by atoms with Crippen molar-refractivity contribution in [1.82, 2.24) is 9.55 Å². The van der Waals surface area contributed by atoms with Crippen LogP contribution in [0.2, 0.25) is 5.02 Å². The molecule has 0 atom stereocenters. The molecule has 2 heterocycles. The highest BCUT2D eigenvalue weighted by Crippen LogP contribution is 2.32. The van der Waals surface area contributed by atoms with Gasteiger partial charge in [0.25, 0.3) is 5.56 Å². The molecule has 0 aliphatic carbocycles. The molecular formula is C24H22ClN3O4S. The lowest BCUT2D eigenvalue weighted by Gasteiger charge is -2.13. The van der Waals surface area contributed by atoms with Crippen molar-refractivity contribution >= 4 is 44.7 Å². The zero-order valence-electron chi connectivity index (χ0n) is 18.3. The van der Waals surface area contributed by atoms with Crippen molar-refractivity contribution < 1.29 is 14.3 Å². The molecule has 0 radical (unpaired) electrons. The summed E-state index contributed by atoms with van der Waals surface area (Å²) in [6.07, 6.45) is 1.40. The lowest BCUT2D eigenvalue weighted by Crippen LogP contribution is -2.28. The van der Waals surface area contributed by atoms with Gasteiger partial charge in [-0.1, -0.05) is 23.7 Å². The Kier molecular flexibility index (Phi) is 6.67. The molecule has 4 aromatic rings. The third-order valence-electron chi connectivity index (χ3n) is 5.11. The highest BCUT2D eigenvalue weighted by Gasteiger charge is 2.16. The lowest BCUT2D eigenvalue weighted by atomic mass is 10.1. The number of halogens is 1. The predicted molar refractivity (Wildman–Crippen MR) is 132 cm³/mol. The maximum Gasteiger partial charge on any atom is 0.263 e. The summed E-state index contributed by atoms with van der Waals surface area (Å²) in [5.74, 6) is 0.826. The van der Waals surface area contributed by atoms with Crippen molar-refractivity contribution in [2.24, 2.45) is 0 Å². The summed E-state index contributed by atoms with van der Waals surface area (Å²) in [7, 11) is 1.50. The summed E-state index contributed by atoms with van der Waals surface area (Å²) < 4.78 is 12.1. The molecule has 1 N–H and O–H groups in total. The van der Waals surface area contributed by atoms with Gasteiger partial charge in [0.05, 0.1) is 31.1 Å². The van der Waals surface area contributed by atoms with E-state index in [-0.39, 0.29) is 18.0 Å². The summed E-state index contributed by atoms with van der Waals surface area (Å²) in [4.78, 5) is 31.0. The molecule has 7 nitrogen and oxygen atoms in total. The minimum atomic E-state index is -0.379. The third-order valence-corrected chi connectivity index (χ3v) is 6.40. The molecule has 2 aromatic heterocycles. The molecule has 4 rings (SSSR count). The van der Waals surface area contributed by atoms with E-state index in [0.717, 1.165) is 22.4 Å². The minimum absolute atomic E-state index is 0.189. The van der Waals surface area contributed by atoms with E-state index in [2.05, 4.69) is 10.3 Å². The quantitative estimate of drug-likeness (QED) is 0.394. The minimum Gasteiger partial charge on any atom is -0.495 e. The number of nitrogens with one attached hydrogen (secondary N) is 1. The van der Waals surface area contributed by atoms with Crippen molar-refractivity contribution in [3.05, 3.63) is 69.0 Å². The Bertz CT molecular complexity index is 1380. The van der Waals surface area contributed by atoms with Gasteiger partial charge in [-0.3, -0.25) is 14.2 Å². The number of ether oxygens (including phenoxy) is 2. The van der Waals surface area contributed by atoms with Crippen molar-refractivity contribution in [2.45, 2.75) is 20.4 Å². The van der Waals surface area contributed by atoms with E-state index in [1.807, 2.05) is 43.5 Å². The predicted octanol–water partition coefficient (Wildman–Crippen LogP) is 5.13. The Hall–Kier alpha value is -3.36. The number of rotatable bonds is 7. The molecule has 0 unspecified atom stereocenters. The summed E-state index contributed by atoms with van der Waals surface area (Å²) in [5.41, 5.74) is 2.66. The number of carbonyl (C=O) groups is 1. The number of aromatic nitrogens is 2. The monoisotopic (exact) mass is 483 g/mol. The largest absolute Gasteiger partial charge is 0.495 e. The Labute approximate surface area is 199 Å².